The van der Waals surface area contributed by atoms with Crippen molar-refractivity contribution in [1.29, 1.82) is 0 Å². The van der Waals surface area contributed by atoms with E-state index in [1.807, 2.05) is 60.4 Å². The van der Waals surface area contributed by atoms with Crippen LogP contribution in [0.2, 0.25) is 0 Å². The molecule has 0 spiro atoms. The summed E-state index contributed by atoms with van der Waals surface area (Å²) in [6, 6.07) is 15.7. The Kier molecular flexibility index (Phi) is 8.62. The molecule has 0 saturated carbocycles. The number of benzene rings is 2. The van der Waals surface area contributed by atoms with E-state index >= 15 is 0 Å². The predicted molar refractivity (Wildman–Crippen MR) is 134 cm³/mol. The second-order valence-corrected chi connectivity index (χ2v) is 8.51. The molecule has 32 heavy (non-hydrogen) atoms. The van der Waals surface area contributed by atoms with Gasteiger partial charge in [-0.15, -0.1) is 0 Å². The molecule has 0 radical (unpaired) electrons. The van der Waals surface area contributed by atoms with Crippen molar-refractivity contribution < 1.29 is 9.59 Å². The zero-order chi connectivity index (χ0) is 22.9. The first-order valence-electron chi connectivity index (χ1n) is 11.3. The number of hydrogen-bond donors (Lipinski definition) is 2. The number of thiocarbonyl (C=S) groups is 1. The molecule has 2 N–H and O–H groups in total. The van der Waals surface area contributed by atoms with E-state index in [0.717, 1.165) is 54.9 Å². The monoisotopic (exact) mass is 452 g/mol. The fraction of sp³-hybridized carbons (Fsp3) is 0.400. The topological polar surface area (TPSA) is 64.7 Å². The number of piperazine rings is 1. The zero-order valence-electron chi connectivity index (χ0n) is 18.9. The van der Waals surface area contributed by atoms with E-state index in [1.165, 1.54) is 0 Å². The Morgan fingerprint density at radius 3 is 2.31 bits per heavy atom. The fourth-order valence-corrected chi connectivity index (χ4v) is 4.03. The summed E-state index contributed by atoms with van der Waals surface area (Å²) in [5.41, 5.74) is 3.73. The number of aryl methyl sites for hydroxylation is 1. The van der Waals surface area contributed by atoms with Gasteiger partial charge in [-0.1, -0.05) is 38.0 Å². The maximum absolute atomic E-state index is 12.8. The third-order valence-electron chi connectivity index (χ3n) is 5.69. The van der Waals surface area contributed by atoms with Crippen molar-refractivity contribution in [2.24, 2.45) is 0 Å². The van der Waals surface area contributed by atoms with Crippen LogP contribution in [0, 0.1) is 6.92 Å². The Bertz CT molecular complexity index is 937. The highest BCUT2D eigenvalue weighted by Gasteiger charge is 2.23. The van der Waals surface area contributed by atoms with Gasteiger partial charge in [-0.2, -0.15) is 0 Å². The lowest BCUT2D eigenvalue weighted by molar-refractivity contribution is -0.119. The Morgan fingerprint density at radius 2 is 1.66 bits per heavy atom. The van der Waals surface area contributed by atoms with E-state index in [9.17, 15) is 9.59 Å². The molecule has 0 atom stereocenters. The summed E-state index contributed by atoms with van der Waals surface area (Å²) in [4.78, 5) is 28.9. The van der Waals surface area contributed by atoms with Crippen molar-refractivity contribution in [1.82, 2.24) is 10.2 Å². The van der Waals surface area contributed by atoms with Crippen LogP contribution in [0.1, 0.15) is 48.5 Å². The molecule has 0 bridgehead atoms. The first-order valence-corrected chi connectivity index (χ1v) is 11.7. The molecule has 0 unspecified atom stereocenters. The summed E-state index contributed by atoms with van der Waals surface area (Å²) < 4.78 is 0. The third kappa shape index (κ3) is 6.53. The molecule has 3 rings (SSSR count). The Morgan fingerprint density at radius 1 is 0.969 bits per heavy atom. The SMILES string of the molecule is CCCCCC(=O)NC(=S)Nc1ccc(N2CCN(C(=O)c3ccccc3C)CC2)cc1. The summed E-state index contributed by atoms with van der Waals surface area (Å²) in [5, 5.41) is 6.12. The van der Waals surface area contributed by atoms with Gasteiger partial charge in [0.1, 0.15) is 0 Å². The zero-order valence-corrected chi connectivity index (χ0v) is 19.7. The number of hydrogen-bond acceptors (Lipinski definition) is 4. The molecule has 1 heterocycles. The number of nitrogens with one attached hydrogen (secondary N) is 2. The van der Waals surface area contributed by atoms with E-state index in [-0.39, 0.29) is 11.8 Å². The molecular weight excluding hydrogens is 420 g/mol. The van der Waals surface area contributed by atoms with Crippen LogP contribution in [-0.4, -0.2) is 48.0 Å². The molecule has 0 aliphatic carbocycles. The van der Waals surface area contributed by atoms with E-state index in [4.69, 9.17) is 12.2 Å². The minimum absolute atomic E-state index is 0.0503. The first kappa shape index (κ1) is 23.7. The molecule has 6 nitrogen and oxygen atoms in total. The van der Waals surface area contributed by atoms with Crippen LogP contribution < -0.4 is 15.5 Å². The van der Waals surface area contributed by atoms with Gasteiger partial charge in [0.2, 0.25) is 5.91 Å². The molecular formula is C25H32N4O2S. The lowest BCUT2D eigenvalue weighted by Gasteiger charge is -2.36. The fourth-order valence-electron chi connectivity index (χ4n) is 3.79. The van der Waals surface area contributed by atoms with Crippen molar-refractivity contribution in [3.8, 4) is 0 Å². The number of rotatable bonds is 7. The molecule has 1 aliphatic heterocycles. The maximum Gasteiger partial charge on any atom is 0.254 e. The summed E-state index contributed by atoms with van der Waals surface area (Å²) in [6.45, 7) is 7.05. The number of nitrogens with zero attached hydrogens (tertiary/aromatic N) is 2. The summed E-state index contributed by atoms with van der Waals surface area (Å²) >= 11 is 5.24. The van der Waals surface area contributed by atoms with Gasteiger partial charge in [-0.3, -0.25) is 9.59 Å². The highest BCUT2D eigenvalue weighted by molar-refractivity contribution is 7.80. The van der Waals surface area contributed by atoms with Gasteiger partial charge in [-0.05, 0) is 61.5 Å². The van der Waals surface area contributed by atoms with Gasteiger partial charge in [0.15, 0.2) is 5.11 Å². The lowest BCUT2D eigenvalue weighted by Crippen LogP contribution is -2.48. The van der Waals surface area contributed by atoms with Gasteiger partial charge in [0.05, 0.1) is 0 Å². The quantitative estimate of drug-likeness (QED) is 0.483. The van der Waals surface area contributed by atoms with Crippen molar-refractivity contribution in [2.75, 3.05) is 36.4 Å². The number of carbonyl (C=O) groups is 2. The summed E-state index contributed by atoms with van der Waals surface area (Å²) in [6.07, 6.45) is 3.50. The predicted octanol–water partition coefficient (Wildman–Crippen LogP) is 4.35. The van der Waals surface area contributed by atoms with Gasteiger partial charge in [0.25, 0.3) is 5.91 Å². The van der Waals surface area contributed by atoms with E-state index in [1.54, 1.807) is 0 Å². The Labute approximate surface area is 196 Å². The third-order valence-corrected chi connectivity index (χ3v) is 5.90. The number of unbranched alkanes of at least 4 members (excludes halogenated alkanes) is 2. The van der Waals surface area contributed by atoms with Crippen LogP contribution in [0.25, 0.3) is 0 Å². The highest BCUT2D eigenvalue weighted by Crippen LogP contribution is 2.21. The number of carbonyl (C=O) groups excluding carboxylic acids is 2. The Balaban J connectivity index is 1.47. The summed E-state index contributed by atoms with van der Waals surface area (Å²) in [5.74, 6) is 0.0539. The minimum atomic E-state index is -0.0503. The van der Waals surface area contributed by atoms with Crippen LogP contribution in [0.15, 0.2) is 48.5 Å². The minimum Gasteiger partial charge on any atom is -0.368 e. The lowest BCUT2D eigenvalue weighted by atomic mass is 10.1. The van der Waals surface area contributed by atoms with Gasteiger partial charge >= 0.3 is 0 Å². The highest BCUT2D eigenvalue weighted by atomic mass is 32.1. The number of amides is 2. The van der Waals surface area contributed by atoms with E-state index < -0.39 is 0 Å². The molecule has 1 fully saturated rings. The van der Waals surface area contributed by atoms with Gasteiger partial charge in [-0.25, -0.2) is 0 Å². The van der Waals surface area contributed by atoms with Crippen LogP contribution in [-0.2, 0) is 4.79 Å². The van der Waals surface area contributed by atoms with Crippen molar-refractivity contribution in [3.63, 3.8) is 0 Å². The second kappa shape index (κ2) is 11.6. The van der Waals surface area contributed by atoms with Crippen molar-refractivity contribution >= 4 is 40.5 Å². The molecule has 1 aliphatic rings. The molecule has 0 aromatic heterocycles. The largest absolute Gasteiger partial charge is 0.368 e. The van der Waals surface area contributed by atoms with Gasteiger partial charge < -0.3 is 20.4 Å². The molecule has 7 heteroatoms. The standard InChI is InChI=1S/C25H32N4O2S/c1-3-4-5-10-23(30)27-25(32)26-20-11-13-21(14-12-20)28-15-17-29(18-16-28)24(31)22-9-7-6-8-19(22)2/h6-9,11-14H,3-5,10,15-18H2,1-2H3,(H2,26,27,30,32). The van der Waals surface area contributed by atoms with Crippen LogP contribution in [0.3, 0.4) is 0 Å². The molecule has 2 amide bonds. The summed E-state index contributed by atoms with van der Waals surface area (Å²) in [7, 11) is 0. The number of anilines is 2. The molecule has 2 aromatic carbocycles. The Hall–Kier alpha value is -2.93. The molecule has 2 aromatic rings. The van der Waals surface area contributed by atoms with Gasteiger partial charge in [0, 0.05) is 49.5 Å². The average Bonchev–Trinajstić information content (AvgIpc) is 2.80. The van der Waals surface area contributed by atoms with Crippen LogP contribution in [0.5, 0.6) is 0 Å². The molecule has 170 valence electrons. The smallest absolute Gasteiger partial charge is 0.254 e. The second-order valence-electron chi connectivity index (χ2n) is 8.10. The van der Waals surface area contributed by atoms with E-state index in [2.05, 4.69) is 22.5 Å². The van der Waals surface area contributed by atoms with E-state index in [0.29, 0.717) is 24.6 Å². The van der Waals surface area contributed by atoms with Crippen molar-refractivity contribution in [2.45, 2.75) is 39.5 Å². The normalized spacial score (nSPS) is 13.6. The van der Waals surface area contributed by atoms with Crippen LogP contribution >= 0.6 is 12.2 Å². The molecule has 1 saturated heterocycles. The van der Waals surface area contributed by atoms with Crippen LogP contribution in [0.4, 0.5) is 11.4 Å². The van der Waals surface area contributed by atoms with Crippen molar-refractivity contribution in [3.05, 3.63) is 59.7 Å². The first-order chi connectivity index (χ1) is 15.5. The average molecular weight is 453 g/mol. The maximum atomic E-state index is 12.8.